The lowest BCUT2D eigenvalue weighted by Gasteiger charge is -2.27. The SMILES string of the molecule is CCNC(=NCc1ccccc1CN1CCOCC1)NCc1ccc(C)cc1C.I. The average molecular weight is 522 g/mol. The van der Waals surface area contributed by atoms with Crippen molar-refractivity contribution in [3.8, 4) is 0 Å². The summed E-state index contributed by atoms with van der Waals surface area (Å²) in [6.07, 6.45) is 0. The van der Waals surface area contributed by atoms with Gasteiger partial charge in [0.25, 0.3) is 0 Å². The maximum atomic E-state index is 5.47. The van der Waals surface area contributed by atoms with Crippen LogP contribution in [0.3, 0.4) is 0 Å². The van der Waals surface area contributed by atoms with Crippen LogP contribution in [0.5, 0.6) is 0 Å². The Morgan fingerprint density at radius 1 is 1.00 bits per heavy atom. The van der Waals surface area contributed by atoms with Crippen molar-refractivity contribution < 1.29 is 4.74 Å². The van der Waals surface area contributed by atoms with E-state index >= 15 is 0 Å². The number of guanidine groups is 1. The van der Waals surface area contributed by atoms with Gasteiger partial charge in [-0.2, -0.15) is 0 Å². The van der Waals surface area contributed by atoms with Crippen LogP contribution >= 0.6 is 24.0 Å². The predicted molar refractivity (Wildman–Crippen MR) is 136 cm³/mol. The molecule has 0 spiro atoms. The molecule has 0 bridgehead atoms. The fourth-order valence-electron chi connectivity index (χ4n) is 3.60. The summed E-state index contributed by atoms with van der Waals surface area (Å²) in [6.45, 7) is 13.3. The smallest absolute Gasteiger partial charge is 0.191 e. The van der Waals surface area contributed by atoms with Gasteiger partial charge in [0.05, 0.1) is 19.8 Å². The van der Waals surface area contributed by atoms with Crippen molar-refractivity contribution >= 4 is 29.9 Å². The van der Waals surface area contributed by atoms with Crippen LogP contribution in [0.2, 0.25) is 0 Å². The number of nitrogens with zero attached hydrogens (tertiary/aromatic N) is 2. The van der Waals surface area contributed by atoms with E-state index in [4.69, 9.17) is 9.73 Å². The highest BCUT2D eigenvalue weighted by molar-refractivity contribution is 14.0. The van der Waals surface area contributed by atoms with E-state index in [0.717, 1.165) is 51.9 Å². The Morgan fingerprint density at radius 3 is 2.43 bits per heavy atom. The zero-order valence-corrected chi connectivity index (χ0v) is 20.7. The highest BCUT2D eigenvalue weighted by atomic mass is 127. The van der Waals surface area contributed by atoms with Crippen LogP contribution in [0.4, 0.5) is 0 Å². The molecule has 0 atom stereocenters. The Morgan fingerprint density at radius 2 is 1.73 bits per heavy atom. The molecule has 1 heterocycles. The van der Waals surface area contributed by atoms with E-state index in [9.17, 15) is 0 Å². The quantitative estimate of drug-likeness (QED) is 0.328. The van der Waals surface area contributed by atoms with Crippen LogP contribution < -0.4 is 10.6 Å². The van der Waals surface area contributed by atoms with Gasteiger partial charge in [-0.1, -0.05) is 48.0 Å². The standard InChI is InChI=1S/C24H34N4O.HI/c1-4-25-24(26-16-21-10-9-19(2)15-20(21)3)27-17-22-7-5-6-8-23(22)18-28-11-13-29-14-12-28;/h5-10,15H,4,11-14,16-18H2,1-3H3,(H2,25,26,27);1H. The van der Waals surface area contributed by atoms with Crippen LogP contribution in [-0.2, 0) is 24.4 Å². The van der Waals surface area contributed by atoms with Gasteiger partial charge in [0.1, 0.15) is 0 Å². The monoisotopic (exact) mass is 522 g/mol. The van der Waals surface area contributed by atoms with Crippen molar-refractivity contribution in [2.45, 2.75) is 40.4 Å². The molecule has 1 saturated heterocycles. The summed E-state index contributed by atoms with van der Waals surface area (Å²) in [7, 11) is 0. The van der Waals surface area contributed by atoms with Crippen molar-refractivity contribution in [2.75, 3.05) is 32.8 Å². The first-order chi connectivity index (χ1) is 14.2. The van der Waals surface area contributed by atoms with Crippen molar-refractivity contribution in [2.24, 2.45) is 4.99 Å². The lowest BCUT2D eigenvalue weighted by molar-refractivity contribution is 0.0341. The fourth-order valence-corrected chi connectivity index (χ4v) is 3.60. The molecule has 164 valence electrons. The molecule has 2 aromatic rings. The maximum Gasteiger partial charge on any atom is 0.191 e. The van der Waals surface area contributed by atoms with Gasteiger partial charge in [-0.15, -0.1) is 24.0 Å². The van der Waals surface area contributed by atoms with Crippen LogP contribution in [0.1, 0.15) is 34.7 Å². The second kappa shape index (κ2) is 12.9. The summed E-state index contributed by atoms with van der Waals surface area (Å²) in [4.78, 5) is 7.30. The molecule has 6 heteroatoms. The molecule has 0 unspecified atom stereocenters. The van der Waals surface area contributed by atoms with Crippen LogP contribution in [0.15, 0.2) is 47.5 Å². The minimum atomic E-state index is 0. The number of aryl methyl sites for hydroxylation is 2. The molecule has 5 nitrogen and oxygen atoms in total. The van der Waals surface area contributed by atoms with E-state index in [1.807, 2.05) is 0 Å². The van der Waals surface area contributed by atoms with E-state index in [-0.39, 0.29) is 24.0 Å². The maximum absolute atomic E-state index is 5.47. The molecule has 3 rings (SSSR count). The van der Waals surface area contributed by atoms with Crippen molar-refractivity contribution in [1.29, 1.82) is 0 Å². The van der Waals surface area contributed by atoms with E-state index in [2.05, 4.69) is 78.8 Å². The second-order valence-electron chi connectivity index (χ2n) is 7.64. The zero-order valence-electron chi connectivity index (χ0n) is 18.4. The number of hydrogen-bond acceptors (Lipinski definition) is 3. The minimum absolute atomic E-state index is 0. The largest absolute Gasteiger partial charge is 0.379 e. The first-order valence-electron chi connectivity index (χ1n) is 10.6. The fraction of sp³-hybridized carbons (Fsp3) is 0.458. The number of hydrogen-bond donors (Lipinski definition) is 2. The van der Waals surface area contributed by atoms with E-state index in [1.165, 1.54) is 27.8 Å². The zero-order chi connectivity index (χ0) is 20.5. The first-order valence-corrected chi connectivity index (χ1v) is 10.6. The van der Waals surface area contributed by atoms with Gasteiger partial charge in [-0.05, 0) is 43.0 Å². The third kappa shape index (κ3) is 7.56. The molecule has 0 aliphatic carbocycles. The van der Waals surface area contributed by atoms with Gasteiger partial charge >= 0.3 is 0 Å². The van der Waals surface area contributed by atoms with E-state index < -0.39 is 0 Å². The van der Waals surface area contributed by atoms with Gasteiger partial charge in [0.15, 0.2) is 5.96 Å². The molecule has 30 heavy (non-hydrogen) atoms. The molecule has 2 aromatic carbocycles. The topological polar surface area (TPSA) is 48.9 Å². The molecule has 1 aliphatic rings. The van der Waals surface area contributed by atoms with E-state index in [0.29, 0.717) is 6.54 Å². The summed E-state index contributed by atoms with van der Waals surface area (Å²) < 4.78 is 5.47. The molecule has 1 aliphatic heterocycles. The average Bonchev–Trinajstić information content (AvgIpc) is 2.73. The predicted octanol–water partition coefficient (Wildman–Crippen LogP) is 4.01. The third-order valence-corrected chi connectivity index (χ3v) is 5.31. The third-order valence-electron chi connectivity index (χ3n) is 5.31. The molecular weight excluding hydrogens is 487 g/mol. The Kier molecular flexibility index (Phi) is 10.6. The Labute approximate surface area is 198 Å². The summed E-state index contributed by atoms with van der Waals surface area (Å²) >= 11 is 0. The molecule has 0 radical (unpaired) electrons. The highest BCUT2D eigenvalue weighted by Crippen LogP contribution is 2.14. The minimum Gasteiger partial charge on any atom is -0.379 e. The van der Waals surface area contributed by atoms with Crippen LogP contribution in [0.25, 0.3) is 0 Å². The lowest BCUT2D eigenvalue weighted by Crippen LogP contribution is -2.37. The molecule has 0 amide bonds. The Bertz CT molecular complexity index is 819. The van der Waals surface area contributed by atoms with Gasteiger partial charge in [0.2, 0.25) is 0 Å². The number of ether oxygens (including phenoxy) is 1. The summed E-state index contributed by atoms with van der Waals surface area (Å²) in [5.74, 6) is 0.855. The normalized spacial score (nSPS) is 14.8. The summed E-state index contributed by atoms with van der Waals surface area (Å²) in [5, 5.41) is 6.85. The van der Waals surface area contributed by atoms with Gasteiger partial charge in [-0.25, -0.2) is 4.99 Å². The van der Waals surface area contributed by atoms with Gasteiger partial charge < -0.3 is 15.4 Å². The van der Waals surface area contributed by atoms with Crippen molar-refractivity contribution in [1.82, 2.24) is 15.5 Å². The van der Waals surface area contributed by atoms with Crippen LogP contribution in [0, 0.1) is 13.8 Å². The van der Waals surface area contributed by atoms with Crippen molar-refractivity contribution in [3.05, 3.63) is 70.3 Å². The molecule has 0 aromatic heterocycles. The van der Waals surface area contributed by atoms with Gasteiger partial charge in [0, 0.05) is 32.7 Å². The lowest BCUT2D eigenvalue weighted by atomic mass is 10.1. The first kappa shape index (κ1) is 24.6. The molecule has 0 saturated carbocycles. The second-order valence-corrected chi connectivity index (χ2v) is 7.64. The number of halogens is 1. The van der Waals surface area contributed by atoms with E-state index in [1.54, 1.807) is 0 Å². The number of aliphatic imine (C=N–C) groups is 1. The van der Waals surface area contributed by atoms with Crippen LogP contribution in [-0.4, -0.2) is 43.7 Å². The molecular formula is C24H35IN4O. The Hall–Kier alpha value is -1.64. The number of rotatable bonds is 7. The van der Waals surface area contributed by atoms with Crippen molar-refractivity contribution in [3.63, 3.8) is 0 Å². The highest BCUT2D eigenvalue weighted by Gasteiger charge is 2.12. The number of nitrogens with one attached hydrogen (secondary N) is 2. The summed E-state index contributed by atoms with van der Waals surface area (Å²) in [5.41, 5.74) is 6.54. The number of morpholine rings is 1. The summed E-state index contributed by atoms with van der Waals surface area (Å²) in [6, 6.07) is 15.2. The molecule has 1 fully saturated rings. The number of benzene rings is 2. The Balaban J connectivity index is 0.00000320. The van der Waals surface area contributed by atoms with Gasteiger partial charge in [-0.3, -0.25) is 4.90 Å². The molecule has 2 N–H and O–H groups in total.